The SMILES string of the molecule is Cc1nc(C)c(CCC(=O)Nc2ccc(-c3nc4ccccc4s3)cc2)c(=O)[nH]1. The summed E-state index contributed by atoms with van der Waals surface area (Å²) in [5.41, 5.74) is 3.75. The predicted molar refractivity (Wildman–Crippen MR) is 116 cm³/mol. The van der Waals surface area contributed by atoms with Gasteiger partial charge in [-0.15, -0.1) is 11.3 Å². The molecule has 0 saturated carbocycles. The van der Waals surface area contributed by atoms with Crippen LogP contribution < -0.4 is 10.9 Å². The molecular formula is C22H20N4O2S. The number of benzene rings is 2. The van der Waals surface area contributed by atoms with Gasteiger partial charge in [-0.3, -0.25) is 9.59 Å². The maximum absolute atomic E-state index is 12.3. The number of H-pyrrole nitrogens is 1. The molecule has 0 atom stereocenters. The van der Waals surface area contributed by atoms with Crippen LogP contribution in [-0.2, 0) is 11.2 Å². The second-order valence-corrected chi connectivity index (χ2v) is 7.86. The van der Waals surface area contributed by atoms with Crippen LogP contribution in [0.2, 0.25) is 0 Å². The van der Waals surface area contributed by atoms with E-state index in [1.165, 1.54) is 0 Å². The highest BCUT2D eigenvalue weighted by Gasteiger charge is 2.11. The lowest BCUT2D eigenvalue weighted by Gasteiger charge is -2.07. The maximum atomic E-state index is 12.3. The number of nitrogens with zero attached hydrogens (tertiary/aromatic N) is 2. The van der Waals surface area contributed by atoms with Gasteiger partial charge in [0.1, 0.15) is 10.8 Å². The molecular weight excluding hydrogens is 384 g/mol. The molecule has 0 fully saturated rings. The molecule has 2 aromatic heterocycles. The number of fused-ring (bicyclic) bond motifs is 1. The summed E-state index contributed by atoms with van der Waals surface area (Å²) in [6.07, 6.45) is 0.568. The van der Waals surface area contributed by atoms with Crippen molar-refractivity contribution in [1.29, 1.82) is 0 Å². The third kappa shape index (κ3) is 4.25. The fourth-order valence-corrected chi connectivity index (χ4v) is 4.17. The molecule has 0 spiro atoms. The van der Waals surface area contributed by atoms with E-state index in [4.69, 9.17) is 0 Å². The van der Waals surface area contributed by atoms with E-state index in [9.17, 15) is 9.59 Å². The number of aromatic nitrogens is 3. The van der Waals surface area contributed by atoms with Gasteiger partial charge in [-0.1, -0.05) is 12.1 Å². The molecule has 6 nitrogen and oxygen atoms in total. The Labute approximate surface area is 171 Å². The van der Waals surface area contributed by atoms with E-state index < -0.39 is 0 Å². The van der Waals surface area contributed by atoms with E-state index in [2.05, 4.69) is 26.3 Å². The smallest absolute Gasteiger partial charge is 0.254 e. The van der Waals surface area contributed by atoms with E-state index in [0.29, 0.717) is 29.2 Å². The minimum absolute atomic E-state index is 0.142. The molecule has 2 N–H and O–H groups in total. The van der Waals surface area contributed by atoms with Crippen molar-refractivity contribution in [2.45, 2.75) is 26.7 Å². The molecule has 0 saturated heterocycles. The Morgan fingerprint density at radius 1 is 1.07 bits per heavy atom. The predicted octanol–water partition coefficient (Wildman–Crippen LogP) is 4.23. The number of para-hydroxylation sites is 1. The van der Waals surface area contributed by atoms with Gasteiger partial charge in [0.25, 0.3) is 5.56 Å². The van der Waals surface area contributed by atoms with Gasteiger partial charge in [0.15, 0.2) is 0 Å². The monoisotopic (exact) mass is 404 g/mol. The fourth-order valence-electron chi connectivity index (χ4n) is 3.20. The summed E-state index contributed by atoms with van der Waals surface area (Å²) in [5.74, 6) is 0.436. The van der Waals surface area contributed by atoms with Gasteiger partial charge in [-0.2, -0.15) is 0 Å². The Bertz CT molecular complexity index is 1210. The van der Waals surface area contributed by atoms with Crippen LogP contribution in [0, 0.1) is 13.8 Å². The average molecular weight is 404 g/mol. The van der Waals surface area contributed by atoms with Crippen LogP contribution >= 0.6 is 11.3 Å². The molecule has 2 heterocycles. The number of thiazole rings is 1. The van der Waals surface area contributed by atoms with Gasteiger partial charge in [-0.25, -0.2) is 9.97 Å². The summed E-state index contributed by atoms with van der Waals surface area (Å²) >= 11 is 1.64. The molecule has 4 aromatic rings. The van der Waals surface area contributed by atoms with Gasteiger partial charge in [0, 0.05) is 28.9 Å². The summed E-state index contributed by atoms with van der Waals surface area (Å²) in [5, 5.41) is 3.83. The third-order valence-corrected chi connectivity index (χ3v) is 5.74. The van der Waals surface area contributed by atoms with Crippen LogP contribution in [0.5, 0.6) is 0 Å². The minimum atomic E-state index is -0.178. The highest BCUT2D eigenvalue weighted by Crippen LogP contribution is 2.30. The molecule has 7 heteroatoms. The van der Waals surface area contributed by atoms with Crippen LogP contribution in [-0.4, -0.2) is 20.9 Å². The van der Waals surface area contributed by atoms with Crippen molar-refractivity contribution in [2.24, 2.45) is 0 Å². The number of carbonyl (C=O) groups is 1. The maximum Gasteiger partial charge on any atom is 0.254 e. The molecule has 0 radical (unpaired) electrons. The molecule has 0 aliphatic heterocycles. The Morgan fingerprint density at radius 3 is 2.55 bits per heavy atom. The molecule has 2 aromatic carbocycles. The first-order valence-electron chi connectivity index (χ1n) is 9.32. The highest BCUT2D eigenvalue weighted by molar-refractivity contribution is 7.21. The minimum Gasteiger partial charge on any atom is -0.326 e. The summed E-state index contributed by atoms with van der Waals surface area (Å²) in [6, 6.07) is 15.7. The third-order valence-electron chi connectivity index (χ3n) is 4.65. The van der Waals surface area contributed by atoms with Crippen molar-refractivity contribution < 1.29 is 4.79 Å². The molecule has 0 aliphatic carbocycles. The topological polar surface area (TPSA) is 87.7 Å². The Morgan fingerprint density at radius 2 is 1.83 bits per heavy atom. The number of hydrogen-bond acceptors (Lipinski definition) is 5. The zero-order valence-corrected chi connectivity index (χ0v) is 17.0. The fraction of sp³-hybridized carbons (Fsp3) is 0.182. The number of aryl methyl sites for hydroxylation is 2. The van der Waals surface area contributed by atoms with E-state index in [1.54, 1.807) is 25.2 Å². The molecule has 0 aliphatic rings. The largest absolute Gasteiger partial charge is 0.326 e. The number of rotatable bonds is 5. The molecule has 146 valence electrons. The van der Waals surface area contributed by atoms with Crippen molar-refractivity contribution in [2.75, 3.05) is 5.32 Å². The van der Waals surface area contributed by atoms with Crippen molar-refractivity contribution in [1.82, 2.24) is 15.0 Å². The normalized spacial score (nSPS) is 11.0. The van der Waals surface area contributed by atoms with Gasteiger partial charge in [0.05, 0.1) is 10.2 Å². The molecule has 0 unspecified atom stereocenters. The zero-order chi connectivity index (χ0) is 20.4. The number of aromatic amines is 1. The second-order valence-electron chi connectivity index (χ2n) is 6.83. The van der Waals surface area contributed by atoms with Crippen LogP contribution in [0.3, 0.4) is 0 Å². The van der Waals surface area contributed by atoms with Gasteiger partial charge in [0.2, 0.25) is 5.91 Å². The van der Waals surface area contributed by atoms with Crippen LogP contribution in [0.25, 0.3) is 20.8 Å². The van der Waals surface area contributed by atoms with Crippen LogP contribution in [0.15, 0.2) is 53.3 Å². The number of anilines is 1. The molecule has 1 amide bonds. The van der Waals surface area contributed by atoms with Crippen molar-refractivity contribution in [3.63, 3.8) is 0 Å². The Kier molecular flexibility index (Phi) is 5.22. The van der Waals surface area contributed by atoms with Crippen LogP contribution in [0.4, 0.5) is 5.69 Å². The van der Waals surface area contributed by atoms with E-state index in [-0.39, 0.29) is 17.9 Å². The van der Waals surface area contributed by atoms with Crippen molar-refractivity contribution in [3.8, 4) is 10.6 Å². The highest BCUT2D eigenvalue weighted by atomic mass is 32.1. The summed E-state index contributed by atoms with van der Waals surface area (Å²) in [4.78, 5) is 35.9. The first-order chi connectivity index (χ1) is 14.0. The van der Waals surface area contributed by atoms with Gasteiger partial charge in [-0.05, 0) is 56.7 Å². The van der Waals surface area contributed by atoms with Gasteiger partial charge < -0.3 is 10.3 Å². The second kappa shape index (κ2) is 7.97. The van der Waals surface area contributed by atoms with Crippen LogP contribution in [0.1, 0.15) is 23.5 Å². The summed E-state index contributed by atoms with van der Waals surface area (Å²) < 4.78 is 1.15. The number of amides is 1. The quantitative estimate of drug-likeness (QED) is 0.521. The number of nitrogens with one attached hydrogen (secondary N) is 2. The van der Waals surface area contributed by atoms with E-state index >= 15 is 0 Å². The molecule has 29 heavy (non-hydrogen) atoms. The summed E-state index contributed by atoms with van der Waals surface area (Å²) in [7, 11) is 0. The summed E-state index contributed by atoms with van der Waals surface area (Å²) in [6.45, 7) is 3.53. The average Bonchev–Trinajstić information content (AvgIpc) is 3.12. The Balaban J connectivity index is 1.41. The molecule has 0 bridgehead atoms. The lowest BCUT2D eigenvalue weighted by molar-refractivity contribution is -0.116. The van der Waals surface area contributed by atoms with Crippen molar-refractivity contribution >= 4 is 33.1 Å². The zero-order valence-electron chi connectivity index (χ0n) is 16.2. The Hall–Kier alpha value is -3.32. The number of hydrogen-bond donors (Lipinski definition) is 2. The lowest BCUT2D eigenvalue weighted by Crippen LogP contribution is -2.20. The first kappa shape index (κ1) is 19.0. The molecule has 4 rings (SSSR count). The standard InChI is InChI=1S/C22H20N4O2S/c1-13-17(21(28)24-14(2)23-13)11-12-20(27)25-16-9-7-15(8-10-16)22-26-18-5-3-4-6-19(18)29-22/h3-10H,11-12H2,1-2H3,(H,25,27)(H,23,24,28). The number of carbonyl (C=O) groups excluding carboxylic acids is 1. The van der Waals surface area contributed by atoms with Crippen molar-refractivity contribution in [3.05, 3.63) is 76.0 Å². The lowest BCUT2D eigenvalue weighted by atomic mass is 10.1. The first-order valence-corrected chi connectivity index (χ1v) is 10.1. The van der Waals surface area contributed by atoms with Gasteiger partial charge >= 0.3 is 0 Å². The van der Waals surface area contributed by atoms with E-state index in [1.807, 2.05) is 42.5 Å². The van der Waals surface area contributed by atoms with E-state index in [0.717, 1.165) is 20.8 Å².